The maximum atomic E-state index is 12.5. The highest BCUT2D eigenvalue weighted by Crippen LogP contribution is 2.27. The molecule has 0 aromatic heterocycles. The molecule has 1 amide bonds. The lowest BCUT2D eigenvalue weighted by molar-refractivity contribution is -0.158. The highest BCUT2D eigenvalue weighted by molar-refractivity contribution is 5.85. The second-order valence-electron chi connectivity index (χ2n) is 7.36. The Bertz CT molecular complexity index is 371. The van der Waals surface area contributed by atoms with Gasteiger partial charge in [-0.15, -0.1) is 0 Å². The molecule has 0 heterocycles. The lowest BCUT2D eigenvalue weighted by atomic mass is 9.84. The number of rotatable bonds is 6. The lowest BCUT2D eigenvalue weighted by Crippen LogP contribution is -2.47. The molecule has 1 fully saturated rings. The third kappa shape index (κ3) is 6.77. The molecule has 0 aliphatic heterocycles. The second-order valence-corrected chi connectivity index (χ2v) is 7.36. The van der Waals surface area contributed by atoms with E-state index in [1.54, 1.807) is 7.05 Å². The standard InChI is InChI=1S/C17H32N2O3/c1-17(2,3)22-15(20)12-19(5)16(21)14(18-4)11-13-9-7-6-8-10-13/h13-14,18H,6-12H2,1-5H3/t14-/m0/s1. The predicted molar refractivity (Wildman–Crippen MR) is 87.5 cm³/mol. The zero-order valence-corrected chi connectivity index (χ0v) is 14.8. The lowest BCUT2D eigenvalue weighted by Gasteiger charge is -2.29. The summed E-state index contributed by atoms with van der Waals surface area (Å²) < 4.78 is 5.27. The van der Waals surface area contributed by atoms with E-state index in [0.717, 1.165) is 6.42 Å². The topological polar surface area (TPSA) is 58.6 Å². The van der Waals surface area contributed by atoms with Gasteiger partial charge in [-0.05, 0) is 40.2 Å². The predicted octanol–water partition coefficient (Wildman–Crippen LogP) is 2.34. The summed E-state index contributed by atoms with van der Waals surface area (Å²) in [5, 5.41) is 3.11. The first-order valence-corrected chi connectivity index (χ1v) is 8.37. The Hall–Kier alpha value is -1.10. The van der Waals surface area contributed by atoms with Gasteiger partial charge in [0.2, 0.25) is 5.91 Å². The molecule has 0 radical (unpaired) electrons. The van der Waals surface area contributed by atoms with Gasteiger partial charge in [0.25, 0.3) is 0 Å². The van der Waals surface area contributed by atoms with Crippen molar-refractivity contribution >= 4 is 11.9 Å². The molecule has 1 rings (SSSR count). The molecule has 5 heteroatoms. The number of amides is 1. The van der Waals surface area contributed by atoms with Crippen LogP contribution in [0.4, 0.5) is 0 Å². The van der Waals surface area contributed by atoms with Crippen LogP contribution in [-0.4, -0.2) is 49.1 Å². The van der Waals surface area contributed by atoms with E-state index in [-0.39, 0.29) is 24.5 Å². The summed E-state index contributed by atoms with van der Waals surface area (Å²) in [6, 6.07) is -0.212. The SMILES string of the molecule is CN[C@@H](CC1CCCCC1)C(=O)N(C)CC(=O)OC(C)(C)C. The van der Waals surface area contributed by atoms with Crippen molar-refractivity contribution in [3.05, 3.63) is 0 Å². The maximum absolute atomic E-state index is 12.5. The number of carbonyl (C=O) groups excluding carboxylic acids is 2. The number of esters is 1. The molecule has 128 valence electrons. The van der Waals surface area contributed by atoms with Crippen LogP contribution < -0.4 is 5.32 Å². The van der Waals surface area contributed by atoms with Crippen LogP contribution in [0.25, 0.3) is 0 Å². The van der Waals surface area contributed by atoms with E-state index in [0.29, 0.717) is 5.92 Å². The van der Waals surface area contributed by atoms with Crippen molar-refractivity contribution in [2.24, 2.45) is 5.92 Å². The number of carbonyl (C=O) groups is 2. The van der Waals surface area contributed by atoms with Crippen LogP contribution in [0.2, 0.25) is 0 Å². The molecular formula is C17H32N2O3. The maximum Gasteiger partial charge on any atom is 0.326 e. The fraction of sp³-hybridized carbons (Fsp3) is 0.882. The van der Waals surface area contributed by atoms with Crippen molar-refractivity contribution in [3.8, 4) is 0 Å². The molecule has 0 unspecified atom stereocenters. The number of ether oxygens (including phenoxy) is 1. The van der Waals surface area contributed by atoms with Crippen LogP contribution in [-0.2, 0) is 14.3 Å². The molecule has 0 aromatic rings. The zero-order chi connectivity index (χ0) is 16.8. The monoisotopic (exact) mass is 312 g/mol. The van der Waals surface area contributed by atoms with Gasteiger partial charge >= 0.3 is 5.97 Å². The van der Waals surface area contributed by atoms with Gasteiger partial charge in [-0.2, -0.15) is 0 Å². The Morgan fingerprint density at radius 3 is 2.32 bits per heavy atom. The number of hydrogen-bond donors (Lipinski definition) is 1. The first-order valence-electron chi connectivity index (χ1n) is 8.37. The summed E-state index contributed by atoms with van der Waals surface area (Å²) in [4.78, 5) is 25.8. The second kappa shape index (κ2) is 8.51. The summed E-state index contributed by atoms with van der Waals surface area (Å²) in [7, 11) is 3.48. The van der Waals surface area contributed by atoms with Crippen LogP contribution in [0.15, 0.2) is 0 Å². The average Bonchev–Trinajstić information content (AvgIpc) is 2.43. The van der Waals surface area contributed by atoms with Gasteiger partial charge in [-0.25, -0.2) is 0 Å². The van der Waals surface area contributed by atoms with Crippen molar-refractivity contribution in [1.82, 2.24) is 10.2 Å². The van der Waals surface area contributed by atoms with Crippen LogP contribution in [0.1, 0.15) is 59.3 Å². The highest BCUT2D eigenvalue weighted by Gasteiger charge is 2.27. The smallest absolute Gasteiger partial charge is 0.326 e. The van der Waals surface area contributed by atoms with Gasteiger partial charge in [-0.1, -0.05) is 32.1 Å². The van der Waals surface area contributed by atoms with E-state index in [4.69, 9.17) is 4.74 Å². The molecule has 1 atom stereocenters. The van der Waals surface area contributed by atoms with Crippen molar-refractivity contribution in [2.75, 3.05) is 20.6 Å². The van der Waals surface area contributed by atoms with E-state index in [9.17, 15) is 9.59 Å². The molecule has 0 saturated heterocycles. The van der Waals surface area contributed by atoms with Gasteiger partial charge in [0.05, 0.1) is 6.04 Å². The van der Waals surface area contributed by atoms with Gasteiger partial charge < -0.3 is 15.0 Å². The molecule has 1 aliphatic rings. The van der Waals surface area contributed by atoms with Crippen LogP contribution in [0.3, 0.4) is 0 Å². The van der Waals surface area contributed by atoms with E-state index < -0.39 is 5.60 Å². The molecular weight excluding hydrogens is 280 g/mol. The fourth-order valence-electron chi connectivity index (χ4n) is 3.01. The van der Waals surface area contributed by atoms with E-state index >= 15 is 0 Å². The number of likely N-dealkylation sites (N-methyl/N-ethyl adjacent to an activating group) is 2. The van der Waals surface area contributed by atoms with Gasteiger partial charge in [0.15, 0.2) is 0 Å². The summed E-state index contributed by atoms with van der Waals surface area (Å²) in [6.45, 7) is 5.48. The summed E-state index contributed by atoms with van der Waals surface area (Å²) >= 11 is 0. The normalized spacial score (nSPS) is 17.9. The first kappa shape index (κ1) is 18.9. The Kier molecular flexibility index (Phi) is 7.33. The molecule has 5 nitrogen and oxygen atoms in total. The minimum Gasteiger partial charge on any atom is -0.459 e. The van der Waals surface area contributed by atoms with Crippen LogP contribution >= 0.6 is 0 Å². The van der Waals surface area contributed by atoms with Gasteiger partial charge in [0, 0.05) is 7.05 Å². The van der Waals surface area contributed by atoms with Crippen molar-refractivity contribution in [1.29, 1.82) is 0 Å². The Labute approximate surface area is 134 Å². The van der Waals surface area contributed by atoms with Gasteiger partial charge in [-0.3, -0.25) is 9.59 Å². The number of hydrogen-bond acceptors (Lipinski definition) is 4. The van der Waals surface area contributed by atoms with Crippen molar-refractivity contribution in [2.45, 2.75) is 70.9 Å². The van der Waals surface area contributed by atoms with Crippen LogP contribution in [0.5, 0.6) is 0 Å². The zero-order valence-electron chi connectivity index (χ0n) is 14.8. The molecule has 0 spiro atoms. The van der Waals surface area contributed by atoms with E-state index in [1.165, 1.54) is 37.0 Å². The largest absolute Gasteiger partial charge is 0.459 e. The summed E-state index contributed by atoms with van der Waals surface area (Å²) in [5.41, 5.74) is -0.522. The Morgan fingerprint density at radius 1 is 1.23 bits per heavy atom. The number of nitrogens with zero attached hydrogens (tertiary/aromatic N) is 1. The first-order chi connectivity index (χ1) is 10.2. The molecule has 22 heavy (non-hydrogen) atoms. The molecule has 1 N–H and O–H groups in total. The summed E-state index contributed by atoms with van der Waals surface area (Å²) in [6.07, 6.45) is 7.12. The van der Waals surface area contributed by atoms with E-state index in [1.807, 2.05) is 27.8 Å². The Morgan fingerprint density at radius 2 is 1.82 bits per heavy atom. The molecule has 1 aliphatic carbocycles. The minimum absolute atomic E-state index is 0.00104. The Balaban J connectivity index is 2.49. The van der Waals surface area contributed by atoms with E-state index in [2.05, 4.69) is 5.32 Å². The van der Waals surface area contributed by atoms with Crippen molar-refractivity contribution < 1.29 is 14.3 Å². The molecule has 1 saturated carbocycles. The molecule has 0 aromatic carbocycles. The third-order valence-corrected chi connectivity index (χ3v) is 4.10. The summed E-state index contributed by atoms with van der Waals surface area (Å²) in [5.74, 6) is 0.222. The third-order valence-electron chi connectivity index (χ3n) is 4.10. The molecule has 0 bridgehead atoms. The average molecular weight is 312 g/mol. The van der Waals surface area contributed by atoms with Crippen molar-refractivity contribution in [3.63, 3.8) is 0 Å². The van der Waals surface area contributed by atoms with Gasteiger partial charge in [0.1, 0.15) is 12.1 Å². The fourth-order valence-corrected chi connectivity index (χ4v) is 3.01. The minimum atomic E-state index is -0.522. The van der Waals surface area contributed by atoms with Crippen LogP contribution in [0, 0.1) is 5.92 Å². The highest BCUT2D eigenvalue weighted by atomic mass is 16.6. The number of nitrogens with one attached hydrogen (secondary N) is 1. The quantitative estimate of drug-likeness (QED) is 0.765.